The Balaban J connectivity index is 2.25. The molecule has 1 heterocycles. The minimum atomic E-state index is 0.665. The second kappa shape index (κ2) is 5.55. The number of nitrogens with one attached hydrogen (secondary N) is 1. The summed E-state index contributed by atoms with van der Waals surface area (Å²) >= 11 is 1.41. The van der Waals surface area contributed by atoms with Gasteiger partial charge in [-0.2, -0.15) is 5.26 Å². The van der Waals surface area contributed by atoms with Gasteiger partial charge in [-0.05, 0) is 6.42 Å². The quantitative estimate of drug-likeness (QED) is 0.735. The number of nitrogens with zero attached hydrogens (tertiary/aromatic N) is 2. The summed E-state index contributed by atoms with van der Waals surface area (Å²) in [6, 6.07) is 2.06. The Labute approximate surface area is 82.4 Å². The van der Waals surface area contributed by atoms with E-state index in [1.165, 1.54) is 24.2 Å². The van der Waals surface area contributed by atoms with Crippen LogP contribution < -0.4 is 5.32 Å². The highest BCUT2D eigenvalue weighted by Crippen LogP contribution is 2.16. The van der Waals surface area contributed by atoms with E-state index in [1.807, 2.05) is 0 Å². The van der Waals surface area contributed by atoms with Crippen molar-refractivity contribution in [1.82, 2.24) is 4.98 Å². The number of thiazole rings is 1. The van der Waals surface area contributed by atoms with Crippen LogP contribution in [0.4, 0.5) is 5.13 Å². The van der Waals surface area contributed by atoms with Crippen molar-refractivity contribution in [2.75, 3.05) is 11.9 Å². The summed E-state index contributed by atoms with van der Waals surface area (Å²) in [7, 11) is 0. The Morgan fingerprint density at radius 3 is 3.08 bits per heavy atom. The molecule has 0 aromatic carbocycles. The van der Waals surface area contributed by atoms with Crippen molar-refractivity contribution in [2.24, 2.45) is 0 Å². The van der Waals surface area contributed by atoms with E-state index < -0.39 is 0 Å². The maximum atomic E-state index is 8.55. The van der Waals surface area contributed by atoms with Crippen LogP contribution >= 0.6 is 11.3 Å². The van der Waals surface area contributed by atoms with E-state index in [0.29, 0.717) is 4.88 Å². The Hall–Kier alpha value is -1.08. The fourth-order valence-corrected chi connectivity index (χ4v) is 1.62. The van der Waals surface area contributed by atoms with Gasteiger partial charge in [-0.15, -0.1) is 0 Å². The van der Waals surface area contributed by atoms with Crippen molar-refractivity contribution >= 4 is 16.5 Å². The number of unbranched alkanes of at least 4 members (excludes halogenated alkanes) is 2. The second-order valence-electron chi connectivity index (χ2n) is 2.78. The molecule has 1 N–H and O–H groups in total. The highest BCUT2D eigenvalue weighted by Gasteiger charge is 1.98. The van der Waals surface area contributed by atoms with Gasteiger partial charge in [0.15, 0.2) is 5.13 Å². The Morgan fingerprint density at radius 1 is 1.62 bits per heavy atom. The summed E-state index contributed by atoms with van der Waals surface area (Å²) in [5, 5.41) is 12.6. The Bertz CT molecular complexity index is 287. The third-order valence-corrected chi connectivity index (χ3v) is 2.53. The van der Waals surface area contributed by atoms with Gasteiger partial charge >= 0.3 is 0 Å². The molecule has 0 fully saturated rings. The monoisotopic (exact) mass is 195 g/mol. The SMILES string of the molecule is CCCCCNc1ncc(C#N)s1. The molecule has 0 aliphatic rings. The Kier molecular flexibility index (Phi) is 4.27. The molecule has 0 bridgehead atoms. The zero-order chi connectivity index (χ0) is 9.52. The third kappa shape index (κ3) is 3.43. The van der Waals surface area contributed by atoms with Crippen LogP contribution in [0.25, 0.3) is 0 Å². The molecule has 1 rings (SSSR count). The van der Waals surface area contributed by atoms with Crippen LogP contribution in [0.3, 0.4) is 0 Å². The molecule has 0 saturated heterocycles. The van der Waals surface area contributed by atoms with Crippen LogP contribution in [-0.2, 0) is 0 Å². The molecule has 0 atom stereocenters. The summed E-state index contributed by atoms with van der Waals surface area (Å²) in [4.78, 5) is 4.73. The summed E-state index contributed by atoms with van der Waals surface area (Å²) in [5.74, 6) is 0. The molecule has 70 valence electrons. The van der Waals surface area contributed by atoms with Gasteiger partial charge < -0.3 is 5.32 Å². The molecule has 1 aromatic heterocycles. The lowest BCUT2D eigenvalue weighted by Gasteiger charge is -1.99. The predicted octanol–water partition coefficient (Wildman–Crippen LogP) is 2.62. The van der Waals surface area contributed by atoms with E-state index in [4.69, 9.17) is 5.26 Å². The average molecular weight is 195 g/mol. The first-order valence-electron chi connectivity index (χ1n) is 4.46. The first-order valence-corrected chi connectivity index (χ1v) is 5.28. The highest BCUT2D eigenvalue weighted by atomic mass is 32.1. The number of hydrogen-bond donors (Lipinski definition) is 1. The van der Waals surface area contributed by atoms with Gasteiger partial charge in [0.25, 0.3) is 0 Å². The van der Waals surface area contributed by atoms with Gasteiger partial charge in [0.2, 0.25) is 0 Å². The normalized spacial score (nSPS) is 9.54. The molecular formula is C9H13N3S. The van der Waals surface area contributed by atoms with E-state index in [9.17, 15) is 0 Å². The van der Waals surface area contributed by atoms with Crippen LogP contribution in [0.5, 0.6) is 0 Å². The summed E-state index contributed by atoms with van der Waals surface area (Å²) in [5.41, 5.74) is 0. The largest absolute Gasteiger partial charge is 0.361 e. The number of rotatable bonds is 5. The highest BCUT2D eigenvalue weighted by molar-refractivity contribution is 7.16. The van der Waals surface area contributed by atoms with E-state index in [1.54, 1.807) is 6.20 Å². The lowest BCUT2D eigenvalue weighted by Crippen LogP contribution is -1.99. The fraction of sp³-hybridized carbons (Fsp3) is 0.556. The standard InChI is InChI=1S/C9H13N3S/c1-2-3-4-5-11-9-12-7-8(6-10)13-9/h7H,2-5H2,1H3,(H,11,12). The number of aromatic nitrogens is 1. The van der Waals surface area contributed by atoms with Gasteiger partial charge in [0.05, 0.1) is 6.20 Å². The second-order valence-corrected chi connectivity index (χ2v) is 3.81. The molecule has 0 unspecified atom stereocenters. The zero-order valence-electron chi connectivity index (χ0n) is 7.71. The Morgan fingerprint density at radius 2 is 2.46 bits per heavy atom. The molecule has 0 radical (unpaired) electrons. The minimum absolute atomic E-state index is 0.665. The molecule has 3 nitrogen and oxygen atoms in total. The topological polar surface area (TPSA) is 48.7 Å². The van der Waals surface area contributed by atoms with Gasteiger partial charge in [-0.25, -0.2) is 4.98 Å². The number of hydrogen-bond acceptors (Lipinski definition) is 4. The molecule has 0 aliphatic heterocycles. The molecular weight excluding hydrogens is 182 g/mol. The van der Waals surface area contributed by atoms with Crippen molar-refractivity contribution in [3.05, 3.63) is 11.1 Å². The lowest BCUT2D eigenvalue weighted by atomic mass is 10.2. The minimum Gasteiger partial charge on any atom is -0.361 e. The van der Waals surface area contributed by atoms with Gasteiger partial charge in [-0.3, -0.25) is 0 Å². The van der Waals surface area contributed by atoms with Crippen molar-refractivity contribution < 1.29 is 0 Å². The summed E-state index contributed by atoms with van der Waals surface area (Å²) in [6.07, 6.45) is 5.23. The van der Waals surface area contributed by atoms with Crippen molar-refractivity contribution in [3.8, 4) is 6.07 Å². The summed E-state index contributed by atoms with van der Waals surface area (Å²) < 4.78 is 0. The molecule has 0 aliphatic carbocycles. The predicted molar refractivity (Wildman–Crippen MR) is 54.8 cm³/mol. The van der Waals surface area contributed by atoms with E-state index >= 15 is 0 Å². The number of nitriles is 1. The number of anilines is 1. The maximum Gasteiger partial charge on any atom is 0.183 e. The van der Waals surface area contributed by atoms with E-state index in [0.717, 1.165) is 18.1 Å². The average Bonchev–Trinajstić information content (AvgIpc) is 2.60. The first-order chi connectivity index (χ1) is 6.36. The van der Waals surface area contributed by atoms with E-state index in [2.05, 4.69) is 23.3 Å². The molecule has 4 heteroatoms. The molecule has 13 heavy (non-hydrogen) atoms. The third-order valence-electron chi connectivity index (χ3n) is 1.67. The van der Waals surface area contributed by atoms with Crippen LogP contribution in [0.2, 0.25) is 0 Å². The van der Waals surface area contributed by atoms with Crippen LogP contribution in [-0.4, -0.2) is 11.5 Å². The van der Waals surface area contributed by atoms with Gasteiger partial charge in [0, 0.05) is 6.54 Å². The van der Waals surface area contributed by atoms with Crippen molar-refractivity contribution in [3.63, 3.8) is 0 Å². The molecule has 0 amide bonds. The van der Waals surface area contributed by atoms with Gasteiger partial charge in [-0.1, -0.05) is 31.1 Å². The summed E-state index contributed by atoms with van der Waals surface area (Å²) in [6.45, 7) is 3.13. The molecule has 0 spiro atoms. The maximum absolute atomic E-state index is 8.55. The fourth-order valence-electron chi connectivity index (χ4n) is 0.978. The first kappa shape index (κ1) is 10.0. The van der Waals surface area contributed by atoms with E-state index in [-0.39, 0.29) is 0 Å². The van der Waals surface area contributed by atoms with Crippen molar-refractivity contribution in [1.29, 1.82) is 5.26 Å². The van der Waals surface area contributed by atoms with Gasteiger partial charge in [0.1, 0.15) is 10.9 Å². The van der Waals surface area contributed by atoms with Crippen LogP contribution in [0.15, 0.2) is 6.20 Å². The smallest absolute Gasteiger partial charge is 0.183 e. The van der Waals surface area contributed by atoms with Crippen LogP contribution in [0, 0.1) is 11.3 Å². The van der Waals surface area contributed by atoms with Crippen molar-refractivity contribution in [2.45, 2.75) is 26.2 Å². The zero-order valence-corrected chi connectivity index (χ0v) is 8.52. The van der Waals surface area contributed by atoms with Crippen LogP contribution in [0.1, 0.15) is 31.1 Å². The molecule has 1 aromatic rings. The lowest BCUT2D eigenvalue weighted by molar-refractivity contribution is 0.743. The molecule has 0 saturated carbocycles.